The van der Waals surface area contributed by atoms with Gasteiger partial charge in [-0.15, -0.1) is 0 Å². The number of nitrogens with zero attached hydrogens (tertiary/aromatic N) is 2. The Kier molecular flexibility index (Phi) is 5.77. The van der Waals surface area contributed by atoms with Crippen LogP contribution in [0.1, 0.15) is 16.7 Å². The highest BCUT2D eigenvalue weighted by Gasteiger charge is 2.37. The number of halogens is 2. The van der Waals surface area contributed by atoms with Crippen LogP contribution in [-0.2, 0) is 22.6 Å². The number of thioether (sulfide) groups is 1. The number of phenolic OH excluding ortho intramolecular Hbond substituents is 1. The van der Waals surface area contributed by atoms with Gasteiger partial charge in [-0.3, -0.25) is 19.3 Å². The van der Waals surface area contributed by atoms with Crippen LogP contribution in [0.5, 0.6) is 5.75 Å². The van der Waals surface area contributed by atoms with Gasteiger partial charge in [0.25, 0.3) is 11.1 Å². The minimum atomic E-state index is -0.591. The Morgan fingerprint density at radius 3 is 2.67 bits per heavy atom. The molecule has 0 saturated carbocycles. The molecule has 0 aliphatic carbocycles. The van der Waals surface area contributed by atoms with E-state index in [4.69, 9.17) is 23.2 Å². The first-order valence-corrected chi connectivity index (χ1v) is 10.7. The van der Waals surface area contributed by atoms with Crippen molar-refractivity contribution in [1.29, 1.82) is 0 Å². The highest BCUT2D eigenvalue weighted by Crippen LogP contribution is 2.37. The first-order chi connectivity index (χ1) is 14.3. The lowest BCUT2D eigenvalue weighted by Gasteiger charge is -2.29. The fourth-order valence-electron chi connectivity index (χ4n) is 3.42. The molecule has 1 fully saturated rings. The molecule has 6 nitrogen and oxygen atoms in total. The predicted molar refractivity (Wildman–Crippen MR) is 116 cm³/mol. The lowest BCUT2D eigenvalue weighted by atomic mass is 10.00. The molecule has 0 atom stereocenters. The number of imide groups is 1. The molecular formula is C21H16Cl2N2O4S. The van der Waals surface area contributed by atoms with E-state index in [9.17, 15) is 19.5 Å². The number of phenols is 1. The van der Waals surface area contributed by atoms with Crippen molar-refractivity contribution in [2.45, 2.75) is 13.0 Å². The van der Waals surface area contributed by atoms with Gasteiger partial charge < -0.3 is 10.0 Å². The van der Waals surface area contributed by atoms with Gasteiger partial charge in [0.2, 0.25) is 5.91 Å². The number of carbonyl (C=O) groups is 3. The average molecular weight is 463 g/mol. The van der Waals surface area contributed by atoms with Crippen molar-refractivity contribution in [2.24, 2.45) is 0 Å². The molecular weight excluding hydrogens is 447 g/mol. The molecule has 2 aliphatic heterocycles. The maximum Gasteiger partial charge on any atom is 0.294 e. The van der Waals surface area contributed by atoms with E-state index >= 15 is 0 Å². The highest BCUT2D eigenvalue weighted by atomic mass is 35.5. The summed E-state index contributed by atoms with van der Waals surface area (Å²) < 4.78 is 0. The van der Waals surface area contributed by atoms with Gasteiger partial charge in [0.05, 0.1) is 9.93 Å². The van der Waals surface area contributed by atoms with Gasteiger partial charge in [-0.05, 0) is 47.5 Å². The van der Waals surface area contributed by atoms with E-state index in [1.165, 1.54) is 23.8 Å². The van der Waals surface area contributed by atoms with Crippen LogP contribution in [0, 0.1) is 0 Å². The number of benzene rings is 2. The molecule has 1 N–H and O–H groups in total. The van der Waals surface area contributed by atoms with E-state index in [1.807, 2.05) is 24.3 Å². The summed E-state index contributed by atoms with van der Waals surface area (Å²) in [6, 6.07) is 10.7. The Bertz CT molecular complexity index is 1100. The number of rotatable bonds is 3. The Hall–Kier alpha value is -2.48. The Morgan fingerprint density at radius 2 is 1.90 bits per heavy atom. The molecule has 9 heteroatoms. The standard InChI is InChI=1S/C21H16Cl2N2O4S/c22-15-7-14(19(27)16(23)9-15)8-17-20(28)25(21(29)30-17)11-18(26)24-6-5-12-3-1-2-4-13(12)10-24/h1-4,7-9,27H,5-6,10-11H2/b17-8-. The second-order valence-electron chi connectivity index (χ2n) is 6.93. The minimum Gasteiger partial charge on any atom is -0.506 e. The summed E-state index contributed by atoms with van der Waals surface area (Å²) in [5, 5.41) is 9.86. The number of fused-ring (bicyclic) bond motifs is 1. The van der Waals surface area contributed by atoms with Gasteiger partial charge in [0, 0.05) is 23.7 Å². The number of carbonyl (C=O) groups excluding carboxylic acids is 3. The second-order valence-corrected chi connectivity index (χ2v) is 8.76. The topological polar surface area (TPSA) is 77.9 Å². The van der Waals surface area contributed by atoms with Crippen molar-refractivity contribution in [1.82, 2.24) is 9.80 Å². The summed E-state index contributed by atoms with van der Waals surface area (Å²) in [5.41, 5.74) is 2.49. The summed E-state index contributed by atoms with van der Waals surface area (Å²) in [5.74, 6) is -1.12. The first-order valence-electron chi connectivity index (χ1n) is 9.11. The molecule has 2 aromatic rings. The van der Waals surface area contributed by atoms with E-state index in [1.54, 1.807) is 4.90 Å². The van der Waals surface area contributed by atoms with Crippen molar-refractivity contribution in [2.75, 3.05) is 13.1 Å². The molecule has 0 radical (unpaired) electrons. The fourth-order valence-corrected chi connectivity index (χ4v) is 4.76. The number of hydrogen-bond acceptors (Lipinski definition) is 5. The fraction of sp³-hybridized carbons (Fsp3) is 0.190. The Balaban J connectivity index is 1.49. The van der Waals surface area contributed by atoms with E-state index in [2.05, 4.69) is 0 Å². The molecule has 154 valence electrons. The molecule has 0 spiro atoms. The van der Waals surface area contributed by atoms with Crippen molar-refractivity contribution < 1.29 is 19.5 Å². The van der Waals surface area contributed by atoms with Gasteiger partial charge in [-0.2, -0.15) is 0 Å². The lowest BCUT2D eigenvalue weighted by molar-refractivity contribution is -0.136. The normalized spacial score (nSPS) is 17.6. The first kappa shape index (κ1) is 20.8. The molecule has 4 rings (SSSR count). The molecule has 2 aliphatic rings. The smallest absolute Gasteiger partial charge is 0.294 e. The van der Waals surface area contributed by atoms with Gasteiger partial charge >= 0.3 is 0 Å². The van der Waals surface area contributed by atoms with Crippen LogP contribution in [0.3, 0.4) is 0 Å². The molecule has 0 unspecified atom stereocenters. The van der Waals surface area contributed by atoms with Crippen LogP contribution in [0.15, 0.2) is 41.3 Å². The van der Waals surface area contributed by atoms with Crippen LogP contribution >= 0.6 is 35.0 Å². The molecule has 2 aromatic carbocycles. The second kappa shape index (κ2) is 8.34. The maximum atomic E-state index is 12.7. The van der Waals surface area contributed by atoms with E-state index in [-0.39, 0.29) is 38.7 Å². The van der Waals surface area contributed by atoms with Gasteiger partial charge in [-0.25, -0.2) is 0 Å². The minimum absolute atomic E-state index is 0.0357. The molecule has 3 amide bonds. The molecule has 0 bridgehead atoms. The third kappa shape index (κ3) is 4.05. The molecule has 0 aromatic heterocycles. The van der Waals surface area contributed by atoms with Crippen molar-refractivity contribution in [3.63, 3.8) is 0 Å². The summed E-state index contributed by atoms with van der Waals surface area (Å²) in [4.78, 5) is 40.5. The summed E-state index contributed by atoms with van der Waals surface area (Å²) >= 11 is 12.6. The number of amides is 3. The summed E-state index contributed by atoms with van der Waals surface area (Å²) in [6.07, 6.45) is 2.08. The lowest BCUT2D eigenvalue weighted by Crippen LogP contribution is -2.44. The number of aromatic hydroxyl groups is 1. The van der Waals surface area contributed by atoms with Crippen molar-refractivity contribution >= 4 is 58.1 Å². The highest BCUT2D eigenvalue weighted by molar-refractivity contribution is 8.18. The third-order valence-corrected chi connectivity index (χ3v) is 6.41. The molecule has 2 heterocycles. The third-order valence-electron chi connectivity index (χ3n) is 4.99. The average Bonchev–Trinajstić information content (AvgIpc) is 2.98. The van der Waals surface area contributed by atoms with Gasteiger partial charge in [0.15, 0.2) is 0 Å². The largest absolute Gasteiger partial charge is 0.506 e. The monoisotopic (exact) mass is 462 g/mol. The van der Waals surface area contributed by atoms with Gasteiger partial charge in [-0.1, -0.05) is 47.5 Å². The summed E-state index contributed by atoms with van der Waals surface area (Å²) in [7, 11) is 0. The number of hydrogen-bond donors (Lipinski definition) is 1. The Labute approximate surface area is 187 Å². The zero-order valence-electron chi connectivity index (χ0n) is 15.6. The SMILES string of the molecule is O=C(CN1C(=O)S/C(=C\c2cc(Cl)cc(Cl)c2O)C1=O)N1CCc2ccccc2C1. The molecule has 1 saturated heterocycles. The maximum absolute atomic E-state index is 12.7. The van der Waals surface area contributed by atoms with Crippen LogP contribution < -0.4 is 0 Å². The van der Waals surface area contributed by atoms with E-state index in [0.717, 1.165) is 16.9 Å². The zero-order valence-corrected chi connectivity index (χ0v) is 17.9. The van der Waals surface area contributed by atoms with E-state index < -0.39 is 11.1 Å². The van der Waals surface area contributed by atoms with Crippen molar-refractivity contribution in [3.8, 4) is 5.75 Å². The summed E-state index contributed by atoms with van der Waals surface area (Å²) in [6.45, 7) is 0.666. The Morgan fingerprint density at radius 1 is 1.17 bits per heavy atom. The van der Waals surface area contributed by atoms with Crippen LogP contribution in [0.25, 0.3) is 6.08 Å². The predicted octanol–water partition coefficient (Wildman–Crippen LogP) is 4.32. The molecule has 30 heavy (non-hydrogen) atoms. The van der Waals surface area contributed by atoms with Gasteiger partial charge in [0.1, 0.15) is 12.3 Å². The zero-order chi connectivity index (χ0) is 21.4. The van der Waals surface area contributed by atoms with Crippen LogP contribution in [0.4, 0.5) is 4.79 Å². The van der Waals surface area contributed by atoms with Crippen LogP contribution in [-0.4, -0.2) is 45.0 Å². The quantitative estimate of drug-likeness (QED) is 0.687. The van der Waals surface area contributed by atoms with E-state index in [0.29, 0.717) is 24.9 Å². The van der Waals surface area contributed by atoms with Crippen molar-refractivity contribution in [3.05, 3.63) is 68.0 Å². The van der Waals surface area contributed by atoms with Crippen LogP contribution in [0.2, 0.25) is 10.0 Å².